The van der Waals surface area contributed by atoms with Crippen molar-refractivity contribution in [2.45, 2.75) is 25.7 Å². The van der Waals surface area contributed by atoms with Crippen LogP contribution in [0.2, 0.25) is 0 Å². The third kappa shape index (κ3) is 11.3. The van der Waals surface area contributed by atoms with Crippen LogP contribution in [-0.2, 0) is 9.59 Å². The lowest BCUT2D eigenvalue weighted by molar-refractivity contribution is -0.133. The highest BCUT2D eigenvalue weighted by Gasteiger charge is 2.02. The van der Waals surface area contributed by atoms with E-state index in [9.17, 15) is 9.59 Å². The summed E-state index contributed by atoms with van der Waals surface area (Å²) < 4.78 is 0. The maximum Gasteiger partial charge on any atom is 0.313 e. The summed E-state index contributed by atoms with van der Waals surface area (Å²) in [7, 11) is 0. The van der Waals surface area contributed by atoms with Gasteiger partial charge in [0.05, 0.1) is 11.5 Å². The normalized spacial score (nSPS) is 10.1. The second-order valence-corrected chi connectivity index (χ2v) is 4.36. The molecule has 0 heterocycles. The Bertz CT molecular complexity index is 211. The second kappa shape index (κ2) is 10.8. The molecule has 0 aromatic rings. The Hall–Kier alpha value is -0.750. The molecule has 0 atom stereocenters. The van der Waals surface area contributed by atoms with Gasteiger partial charge >= 0.3 is 5.97 Å². The van der Waals surface area contributed by atoms with Crippen molar-refractivity contribution in [2.24, 2.45) is 0 Å². The Kier molecular flexibility index (Phi) is 10.3. The number of rotatable bonds is 10. The van der Waals surface area contributed by atoms with Crippen molar-refractivity contribution in [3.8, 4) is 0 Å². The number of aliphatic carboxylic acids is 1. The Morgan fingerprint density at radius 3 is 2.38 bits per heavy atom. The van der Waals surface area contributed by atoms with Crippen molar-refractivity contribution in [1.29, 1.82) is 0 Å². The monoisotopic (exact) mass is 249 g/mol. The van der Waals surface area contributed by atoms with Gasteiger partial charge in [-0.1, -0.05) is 12.8 Å². The summed E-state index contributed by atoms with van der Waals surface area (Å²) in [6, 6.07) is 0. The molecule has 0 aliphatic heterocycles. The van der Waals surface area contributed by atoms with Crippen LogP contribution in [0.25, 0.3) is 0 Å². The Balaban J connectivity index is 3.20. The number of hydrogen-bond acceptors (Lipinski definition) is 4. The van der Waals surface area contributed by atoms with E-state index < -0.39 is 5.97 Å². The number of amides is 1. The number of hydrogen-bond donors (Lipinski definition) is 3. The summed E-state index contributed by atoms with van der Waals surface area (Å²) in [4.78, 5) is 21.3. The summed E-state index contributed by atoms with van der Waals surface area (Å²) >= 11 is 1.10. The molecule has 0 saturated carbocycles. The van der Waals surface area contributed by atoms with Gasteiger partial charge in [-0.25, -0.2) is 0 Å². The van der Waals surface area contributed by atoms with Crippen molar-refractivity contribution in [1.82, 2.24) is 5.32 Å². The molecule has 0 radical (unpaired) electrons. The van der Waals surface area contributed by atoms with Gasteiger partial charge in [-0.15, -0.1) is 11.8 Å². The van der Waals surface area contributed by atoms with E-state index in [-0.39, 0.29) is 24.0 Å². The van der Waals surface area contributed by atoms with Crippen LogP contribution < -0.4 is 5.32 Å². The Morgan fingerprint density at radius 2 is 1.75 bits per heavy atom. The molecule has 16 heavy (non-hydrogen) atoms. The van der Waals surface area contributed by atoms with Gasteiger partial charge in [-0.05, 0) is 12.8 Å². The molecule has 0 saturated heterocycles. The number of thioether (sulfide) groups is 1. The lowest BCUT2D eigenvalue weighted by Gasteiger charge is -2.04. The van der Waals surface area contributed by atoms with Crippen LogP contribution in [0.4, 0.5) is 0 Å². The predicted molar refractivity (Wildman–Crippen MR) is 63.5 cm³/mol. The van der Waals surface area contributed by atoms with Crippen LogP contribution in [-0.4, -0.2) is 46.7 Å². The molecular formula is C10H19NO4S. The van der Waals surface area contributed by atoms with E-state index in [1.165, 1.54) is 0 Å². The molecule has 6 heteroatoms. The fraction of sp³-hybridized carbons (Fsp3) is 0.800. The topological polar surface area (TPSA) is 86.6 Å². The highest BCUT2D eigenvalue weighted by Crippen LogP contribution is 1.99. The molecule has 0 rings (SSSR count). The molecule has 3 N–H and O–H groups in total. The van der Waals surface area contributed by atoms with Crippen LogP contribution in [0, 0.1) is 0 Å². The molecule has 0 unspecified atom stereocenters. The van der Waals surface area contributed by atoms with Gasteiger partial charge in [-0.3, -0.25) is 9.59 Å². The van der Waals surface area contributed by atoms with Gasteiger partial charge in [0.2, 0.25) is 5.91 Å². The van der Waals surface area contributed by atoms with Crippen molar-refractivity contribution < 1.29 is 19.8 Å². The number of aliphatic hydroxyl groups excluding tert-OH is 1. The zero-order valence-electron chi connectivity index (χ0n) is 9.28. The van der Waals surface area contributed by atoms with Gasteiger partial charge < -0.3 is 15.5 Å². The van der Waals surface area contributed by atoms with Gasteiger partial charge in [0, 0.05) is 13.2 Å². The van der Waals surface area contributed by atoms with Crippen LogP contribution in [0.15, 0.2) is 0 Å². The standard InChI is InChI=1S/C10H19NO4S/c12-6-4-2-1-3-5-11-9(13)7-16-8-10(14)15/h12H,1-8H2,(H,11,13)(H,14,15). The number of carboxylic acid groups (broad SMARTS) is 1. The average molecular weight is 249 g/mol. The van der Waals surface area contributed by atoms with Gasteiger partial charge in [0.1, 0.15) is 0 Å². The van der Waals surface area contributed by atoms with E-state index in [1.54, 1.807) is 0 Å². The first kappa shape index (κ1) is 15.2. The smallest absolute Gasteiger partial charge is 0.313 e. The highest BCUT2D eigenvalue weighted by atomic mass is 32.2. The minimum absolute atomic E-state index is 0.0378. The zero-order chi connectivity index (χ0) is 12.2. The summed E-state index contributed by atoms with van der Waals surface area (Å²) in [5.41, 5.74) is 0. The van der Waals surface area contributed by atoms with Gasteiger partial charge in [0.15, 0.2) is 0 Å². The Morgan fingerprint density at radius 1 is 1.06 bits per heavy atom. The molecule has 0 aliphatic rings. The first-order valence-electron chi connectivity index (χ1n) is 5.34. The van der Waals surface area contributed by atoms with Crippen LogP contribution in [0.5, 0.6) is 0 Å². The predicted octanol–water partition coefficient (Wildman–Crippen LogP) is 0.473. The number of nitrogens with one attached hydrogen (secondary N) is 1. The van der Waals surface area contributed by atoms with E-state index in [0.717, 1.165) is 37.4 Å². The number of aliphatic hydroxyl groups is 1. The lowest BCUT2D eigenvalue weighted by atomic mass is 10.2. The van der Waals surface area contributed by atoms with E-state index in [1.807, 2.05) is 0 Å². The molecule has 0 aromatic heterocycles. The first-order chi connectivity index (χ1) is 7.66. The van der Waals surface area contributed by atoms with Crippen molar-refractivity contribution in [3.05, 3.63) is 0 Å². The highest BCUT2D eigenvalue weighted by molar-refractivity contribution is 8.00. The number of carbonyl (C=O) groups excluding carboxylic acids is 1. The lowest BCUT2D eigenvalue weighted by Crippen LogP contribution is -2.26. The quantitative estimate of drug-likeness (QED) is 0.490. The zero-order valence-corrected chi connectivity index (χ0v) is 10.1. The number of carboxylic acids is 1. The summed E-state index contributed by atoms with van der Waals surface area (Å²) in [5.74, 6) is -0.859. The maximum absolute atomic E-state index is 11.1. The molecule has 5 nitrogen and oxygen atoms in total. The van der Waals surface area contributed by atoms with E-state index >= 15 is 0 Å². The van der Waals surface area contributed by atoms with Gasteiger partial charge in [0.25, 0.3) is 0 Å². The van der Waals surface area contributed by atoms with E-state index in [0.29, 0.717) is 6.54 Å². The summed E-state index contributed by atoms with van der Waals surface area (Å²) in [6.07, 6.45) is 3.67. The first-order valence-corrected chi connectivity index (χ1v) is 6.49. The van der Waals surface area contributed by atoms with Crippen LogP contribution in [0.3, 0.4) is 0 Å². The molecular weight excluding hydrogens is 230 g/mol. The van der Waals surface area contributed by atoms with Gasteiger partial charge in [-0.2, -0.15) is 0 Å². The molecule has 1 amide bonds. The average Bonchev–Trinajstić information content (AvgIpc) is 2.22. The fourth-order valence-corrected chi connectivity index (χ4v) is 1.66. The van der Waals surface area contributed by atoms with Crippen LogP contribution >= 0.6 is 11.8 Å². The minimum Gasteiger partial charge on any atom is -0.481 e. The van der Waals surface area contributed by atoms with Crippen molar-refractivity contribution in [3.63, 3.8) is 0 Å². The van der Waals surface area contributed by atoms with E-state index in [4.69, 9.17) is 10.2 Å². The third-order valence-electron chi connectivity index (χ3n) is 1.87. The molecule has 94 valence electrons. The molecule has 0 aliphatic carbocycles. The Labute approximate surface area is 99.6 Å². The number of carbonyl (C=O) groups is 2. The molecule has 0 bridgehead atoms. The van der Waals surface area contributed by atoms with E-state index in [2.05, 4.69) is 5.32 Å². The summed E-state index contributed by atoms with van der Waals surface area (Å²) in [5, 5.41) is 19.6. The number of unbranched alkanes of at least 4 members (excludes halogenated alkanes) is 3. The van der Waals surface area contributed by atoms with Crippen molar-refractivity contribution >= 4 is 23.6 Å². The minimum atomic E-state index is -0.901. The van der Waals surface area contributed by atoms with Crippen LogP contribution in [0.1, 0.15) is 25.7 Å². The molecule has 0 aromatic carbocycles. The maximum atomic E-state index is 11.1. The second-order valence-electron chi connectivity index (χ2n) is 3.37. The molecule has 0 spiro atoms. The van der Waals surface area contributed by atoms with Crippen molar-refractivity contribution in [2.75, 3.05) is 24.7 Å². The SMILES string of the molecule is O=C(O)CSCC(=O)NCCCCCCO. The largest absolute Gasteiger partial charge is 0.481 e. The molecule has 0 fully saturated rings. The fourth-order valence-electron chi connectivity index (χ4n) is 1.10. The third-order valence-corrected chi connectivity index (χ3v) is 2.78. The summed E-state index contributed by atoms with van der Waals surface area (Å²) in [6.45, 7) is 0.843.